The highest BCUT2D eigenvalue weighted by Gasteiger charge is 2.15. The first-order valence-electron chi connectivity index (χ1n) is 6.68. The molecule has 108 valence electrons. The smallest absolute Gasteiger partial charge is 0.272 e. The van der Waals surface area contributed by atoms with Gasteiger partial charge in [-0.1, -0.05) is 6.07 Å². The molecule has 1 amide bonds. The van der Waals surface area contributed by atoms with E-state index in [0.717, 1.165) is 5.75 Å². The number of nitrogens with zero attached hydrogens (tertiary/aromatic N) is 2. The molecule has 0 radical (unpaired) electrons. The Morgan fingerprint density at radius 2 is 2.00 bits per heavy atom. The van der Waals surface area contributed by atoms with Crippen LogP contribution in [0.3, 0.4) is 0 Å². The van der Waals surface area contributed by atoms with Gasteiger partial charge in [0.1, 0.15) is 17.5 Å². The maximum atomic E-state index is 12.4. The summed E-state index contributed by atoms with van der Waals surface area (Å²) in [6.07, 6.45) is 1.76. The molecule has 2 aromatic heterocycles. The lowest BCUT2D eigenvalue weighted by atomic mass is 10.2. The molecule has 0 atom stereocenters. The minimum atomic E-state index is -0.270. The van der Waals surface area contributed by atoms with Crippen molar-refractivity contribution in [2.24, 2.45) is 0 Å². The lowest BCUT2D eigenvalue weighted by Crippen LogP contribution is -2.14. The van der Waals surface area contributed by atoms with Crippen molar-refractivity contribution in [2.75, 3.05) is 12.4 Å². The van der Waals surface area contributed by atoms with Crippen LogP contribution in [-0.2, 0) is 0 Å². The second-order valence-electron chi connectivity index (χ2n) is 4.69. The number of pyridine rings is 1. The number of ether oxygens (including phenoxy) is 1. The Kier molecular flexibility index (Phi) is 3.50. The molecule has 0 unspecified atom stereocenters. The molecule has 0 spiro atoms. The number of nitrogens with one attached hydrogen (secondary N) is 1. The Morgan fingerprint density at radius 1 is 1.23 bits per heavy atom. The van der Waals surface area contributed by atoms with Crippen molar-refractivity contribution in [3.8, 4) is 11.8 Å². The van der Waals surface area contributed by atoms with E-state index < -0.39 is 0 Å². The van der Waals surface area contributed by atoms with Crippen molar-refractivity contribution in [3.63, 3.8) is 0 Å². The molecular weight excluding hydrogens is 278 g/mol. The van der Waals surface area contributed by atoms with Gasteiger partial charge in [-0.15, -0.1) is 0 Å². The minimum Gasteiger partial charge on any atom is -0.497 e. The van der Waals surface area contributed by atoms with E-state index in [1.54, 1.807) is 48.0 Å². The highest BCUT2D eigenvalue weighted by Crippen LogP contribution is 2.19. The van der Waals surface area contributed by atoms with Gasteiger partial charge in [-0.3, -0.25) is 4.79 Å². The van der Waals surface area contributed by atoms with Crippen molar-refractivity contribution in [3.05, 3.63) is 66.0 Å². The Hall–Kier alpha value is -3.26. The second-order valence-corrected chi connectivity index (χ2v) is 4.69. The first kappa shape index (κ1) is 13.7. The molecule has 5 nitrogen and oxygen atoms in total. The van der Waals surface area contributed by atoms with E-state index in [1.807, 2.05) is 18.2 Å². The molecule has 1 N–H and O–H groups in total. The number of hydrogen-bond donors (Lipinski definition) is 1. The summed E-state index contributed by atoms with van der Waals surface area (Å²) < 4.78 is 6.79. The fourth-order valence-electron chi connectivity index (χ4n) is 2.29. The van der Waals surface area contributed by atoms with Gasteiger partial charge in [-0.25, -0.2) is 0 Å². The van der Waals surface area contributed by atoms with Crippen molar-refractivity contribution in [2.45, 2.75) is 0 Å². The second kappa shape index (κ2) is 5.62. The maximum absolute atomic E-state index is 12.4. The summed E-state index contributed by atoms with van der Waals surface area (Å²) in [5, 5.41) is 12.0. The predicted octanol–water partition coefficient (Wildman–Crippen LogP) is 3.07. The van der Waals surface area contributed by atoms with Crippen LogP contribution >= 0.6 is 0 Å². The average molecular weight is 291 g/mol. The molecule has 0 fully saturated rings. The third kappa shape index (κ3) is 2.38. The SMILES string of the molecule is COc1ccc(NC(=O)c2cc(C#N)c3ccccn23)cc1. The van der Waals surface area contributed by atoms with Crippen LogP contribution in [0.5, 0.6) is 5.75 Å². The summed E-state index contributed by atoms with van der Waals surface area (Å²) in [5.41, 5.74) is 2.27. The summed E-state index contributed by atoms with van der Waals surface area (Å²) in [6, 6.07) is 16.2. The van der Waals surface area contributed by atoms with E-state index in [1.165, 1.54) is 0 Å². The van der Waals surface area contributed by atoms with Gasteiger partial charge >= 0.3 is 0 Å². The van der Waals surface area contributed by atoms with E-state index >= 15 is 0 Å². The van der Waals surface area contributed by atoms with Gasteiger partial charge in [-0.2, -0.15) is 5.26 Å². The molecule has 0 aliphatic rings. The topological polar surface area (TPSA) is 66.5 Å². The zero-order valence-electron chi connectivity index (χ0n) is 11.9. The summed E-state index contributed by atoms with van der Waals surface area (Å²) >= 11 is 0. The summed E-state index contributed by atoms with van der Waals surface area (Å²) in [5.74, 6) is 0.450. The van der Waals surface area contributed by atoms with Gasteiger partial charge in [0.15, 0.2) is 0 Å². The monoisotopic (exact) mass is 291 g/mol. The molecule has 0 aliphatic heterocycles. The summed E-state index contributed by atoms with van der Waals surface area (Å²) in [7, 11) is 1.59. The Labute approximate surface area is 127 Å². The van der Waals surface area contributed by atoms with Crippen LogP contribution in [0.1, 0.15) is 16.1 Å². The lowest BCUT2D eigenvalue weighted by Gasteiger charge is -2.06. The normalized spacial score (nSPS) is 10.2. The van der Waals surface area contributed by atoms with Crippen molar-refractivity contribution >= 4 is 17.1 Å². The highest BCUT2D eigenvalue weighted by atomic mass is 16.5. The number of carbonyl (C=O) groups excluding carboxylic acids is 1. The molecule has 3 aromatic rings. The molecule has 0 bridgehead atoms. The quantitative estimate of drug-likeness (QED) is 0.806. The third-order valence-electron chi connectivity index (χ3n) is 3.38. The molecule has 1 aromatic carbocycles. The van der Waals surface area contributed by atoms with Crippen LogP contribution in [0.15, 0.2) is 54.7 Å². The molecule has 5 heteroatoms. The van der Waals surface area contributed by atoms with Crippen molar-refractivity contribution in [1.29, 1.82) is 5.26 Å². The van der Waals surface area contributed by atoms with Gasteiger partial charge in [0.05, 0.1) is 18.2 Å². The molecule has 0 aliphatic carbocycles. The van der Waals surface area contributed by atoms with E-state index in [0.29, 0.717) is 22.5 Å². The number of rotatable bonds is 3. The third-order valence-corrected chi connectivity index (χ3v) is 3.38. The number of methoxy groups -OCH3 is 1. The van der Waals surface area contributed by atoms with E-state index in [4.69, 9.17) is 10.00 Å². The highest BCUT2D eigenvalue weighted by molar-refractivity contribution is 6.04. The lowest BCUT2D eigenvalue weighted by molar-refractivity contribution is 0.102. The van der Waals surface area contributed by atoms with Crippen LogP contribution in [0.25, 0.3) is 5.52 Å². The Bertz CT molecular complexity index is 873. The fraction of sp³-hybridized carbons (Fsp3) is 0.0588. The van der Waals surface area contributed by atoms with E-state index in [2.05, 4.69) is 11.4 Å². The molecule has 22 heavy (non-hydrogen) atoms. The fourth-order valence-corrected chi connectivity index (χ4v) is 2.29. The minimum absolute atomic E-state index is 0.270. The van der Waals surface area contributed by atoms with Crippen LogP contribution in [0.2, 0.25) is 0 Å². The number of benzene rings is 1. The van der Waals surface area contributed by atoms with Crippen LogP contribution in [-0.4, -0.2) is 17.4 Å². The predicted molar refractivity (Wildman–Crippen MR) is 83.1 cm³/mol. The van der Waals surface area contributed by atoms with Crippen LogP contribution < -0.4 is 10.1 Å². The summed E-state index contributed by atoms with van der Waals surface area (Å²) in [4.78, 5) is 12.4. The summed E-state index contributed by atoms with van der Waals surface area (Å²) in [6.45, 7) is 0. The Balaban J connectivity index is 1.93. The maximum Gasteiger partial charge on any atom is 0.272 e. The van der Waals surface area contributed by atoms with Gasteiger partial charge < -0.3 is 14.5 Å². The van der Waals surface area contributed by atoms with Gasteiger partial charge in [-0.05, 0) is 42.5 Å². The van der Waals surface area contributed by atoms with Crippen molar-refractivity contribution < 1.29 is 9.53 Å². The van der Waals surface area contributed by atoms with Gasteiger partial charge in [0, 0.05) is 11.9 Å². The number of aromatic nitrogens is 1. The largest absolute Gasteiger partial charge is 0.497 e. The molecule has 0 saturated carbocycles. The number of fused-ring (bicyclic) bond motifs is 1. The van der Waals surface area contributed by atoms with Crippen LogP contribution in [0.4, 0.5) is 5.69 Å². The van der Waals surface area contributed by atoms with Gasteiger partial charge in [0.2, 0.25) is 0 Å². The molecule has 2 heterocycles. The standard InChI is InChI=1S/C17H13N3O2/c1-22-14-7-5-13(6-8-14)19-17(21)16-10-12(11-18)15-4-2-3-9-20(15)16/h2-10H,1H3,(H,19,21). The zero-order chi connectivity index (χ0) is 15.5. The average Bonchev–Trinajstić information content (AvgIpc) is 2.94. The number of amides is 1. The zero-order valence-corrected chi connectivity index (χ0v) is 11.9. The van der Waals surface area contributed by atoms with E-state index in [9.17, 15) is 4.79 Å². The number of anilines is 1. The number of hydrogen-bond acceptors (Lipinski definition) is 3. The molecule has 3 rings (SSSR count). The number of carbonyl (C=O) groups is 1. The van der Waals surface area contributed by atoms with E-state index in [-0.39, 0.29) is 5.91 Å². The van der Waals surface area contributed by atoms with Crippen molar-refractivity contribution in [1.82, 2.24) is 4.40 Å². The van der Waals surface area contributed by atoms with Crippen LogP contribution in [0, 0.1) is 11.3 Å². The number of nitriles is 1. The molecular formula is C17H13N3O2. The first-order valence-corrected chi connectivity index (χ1v) is 6.68. The Morgan fingerprint density at radius 3 is 2.68 bits per heavy atom. The van der Waals surface area contributed by atoms with Gasteiger partial charge in [0.25, 0.3) is 5.91 Å². The molecule has 0 saturated heterocycles. The first-order chi connectivity index (χ1) is 10.7.